The lowest BCUT2D eigenvalue weighted by Gasteiger charge is -2.21. The monoisotopic (exact) mass is 238 g/mol. The van der Waals surface area contributed by atoms with Crippen molar-refractivity contribution in [3.05, 3.63) is 24.3 Å². The van der Waals surface area contributed by atoms with E-state index in [1.807, 2.05) is 38.1 Å². The summed E-state index contributed by atoms with van der Waals surface area (Å²) in [5, 5.41) is 9.69. The minimum absolute atomic E-state index is 0.230. The smallest absolute Gasteiger partial charge is 0.161 e. The lowest BCUT2D eigenvalue weighted by atomic mass is 10.2. The second-order valence-electron chi connectivity index (χ2n) is 4.09. The summed E-state index contributed by atoms with van der Waals surface area (Å²) in [6, 6.07) is 7.57. The van der Waals surface area contributed by atoms with Gasteiger partial charge in [-0.25, -0.2) is 0 Å². The van der Waals surface area contributed by atoms with Gasteiger partial charge in [0.15, 0.2) is 11.5 Å². The summed E-state index contributed by atoms with van der Waals surface area (Å²) >= 11 is 0. The zero-order valence-electron chi connectivity index (χ0n) is 10.8. The van der Waals surface area contributed by atoms with Crippen LogP contribution in [0, 0.1) is 0 Å². The van der Waals surface area contributed by atoms with Gasteiger partial charge in [0.2, 0.25) is 0 Å². The third-order valence-electron chi connectivity index (χ3n) is 2.58. The van der Waals surface area contributed by atoms with Gasteiger partial charge in [0, 0.05) is 0 Å². The standard InChI is InChI=1S/C14H22O3/c1-4-10-16-13-8-6-7-9-14(13)17-11(3)12(15)5-2/h6-9,11-12,15H,4-5,10H2,1-3H3. The first-order valence-electron chi connectivity index (χ1n) is 6.25. The topological polar surface area (TPSA) is 38.7 Å². The minimum atomic E-state index is -0.450. The van der Waals surface area contributed by atoms with E-state index < -0.39 is 6.10 Å². The molecule has 1 rings (SSSR count). The molecule has 1 aromatic rings. The number of aliphatic hydroxyl groups excluding tert-OH is 1. The van der Waals surface area contributed by atoms with Crippen molar-refractivity contribution in [2.24, 2.45) is 0 Å². The summed E-state index contributed by atoms with van der Waals surface area (Å²) in [4.78, 5) is 0. The molecule has 2 atom stereocenters. The van der Waals surface area contributed by atoms with E-state index in [2.05, 4.69) is 6.92 Å². The van der Waals surface area contributed by atoms with Gasteiger partial charge in [0.05, 0.1) is 12.7 Å². The van der Waals surface area contributed by atoms with E-state index in [4.69, 9.17) is 9.47 Å². The van der Waals surface area contributed by atoms with E-state index in [0.29, 0.717) is 18.8 Å². The van der Waals surface area contributed by atoms with Crippen LogP contribution in [0.25, 0.3) is 0 Å². The van der Waals surface area contributed by atoms with Gasteiger partial charge in [-0.1, -0.05) is 26.0 Å². The predicted octanol–water partition coefficient (Wildman–Crippen LogP) is 3.01. The molecule has 0 saturated carbocycles. The molecule has 96 valence electrons. The Morgan fingerprint density at radius 3 is 2.41 bits per heavy atom. The molecule has 0 aromatic heterocycles. The van der Waals surface area contributed by atoms with Crippen molar-refractivity contribution in [2.45, 2.75) is 45.8 Å². The Balaban J connectivity index is 2.68. The third kappa shape index (κ3) is 4.27. The van der Waals surface area contributed by atoms with Gasteiger partial charge in [-0.2, -0.15) is 0 Å². The molecule has 3 heteroatoms. The summed E-state index contributed by atoms with van der Waals surface area (Å²) in [5.74, 6) is 1.44. The van der Waals surface area contributed by atoms with Gasteiger partial charge in [-0.05, 0) is 31.9 Å². The number of aliphatic hydroxyl groups is 1. The van der Waals surface area contributed by atoms with Crippen LogP contribution in [-0.2, 0) is 0 Å². The number of para-hydroxylation sites is 2. The maximum absolute atomic E-state index is 9.69. The average Bonchev–Trinajstić information content (AvgIpc) is 2.36. The molecule has 3 nitrogen and oxygen atoms in total. The number of rotatable bonds is 7. The van der Waals surface area contributed by atoms with Crippen LogP contribution < -0.4 is 9.47 Å². The summed E-state index contributed by atoms with van der Waals surface area (Å²) < 4.78 is 11.3. The molecule has 0 heterocycles. The molecule has 0 saturated heterocycles. The van der Waals surface area contributed by atoms with Crippen LogP contribution in [0.1, 0.15) is 33.6 Å². The first-order chi connectivity index (χ1) is 8.19. The van der Waals surface area contributed by atoms with Gasteiger partial charge in [-0.3, -0.25) is 0 Å². The van der Waals surface area contributed by atoms with Gasteiger partial charge in [0.1, 0.15) is 6.10 Å². The van der Waals surface area contributed by atoms with E-state index >= 15 is 0 Å². The normalized spacial score (nSPS) is 14.1. The van der Waals surface area contributed by atoms with E-state index in [-0.39, 0.29) is 6.10 Å². The molecule has 1 N–H and O–H groups in total. The molecular weight excluding hydrogens is 216 g/mol. The summed E-state index contributed by atoms with van der Waals surface area (Å²) in [6.07, 6.45) is 0.960. The Kier molecular flexibility index (Phi) is 5.84. The lowest BCUT2D eigenvalue weighted by Crippen LogP contribution is -2.28. The minimum Gasteiger partial charge on any atom is -0.490 e. The maximum atomic E-state index is 9.69. The second kappa shape index (κ2) is 7.17. The van der Waals surface area contributed by atoms with Crippen molar-refractivity contribution in [2.75, 3.05) is 6.61 Å². The first-order valence-corrected chi connectivity index (χ1v) is 6.25. The van der Waals surface area contributed by atoms with Crippen molar-refractivity contribution < 1.29 is 14.6 Å². The van der Waals surface area contributed by atoms with Crippen molar-refractivity contribution in [1.29, 1.82) is 0 Å². The second-order valence-corrected chi connectivity index (χ2v) is 4.09. The lowest BCUT2D eigenvalue weighted by molar-refractivity contribution is 0.0431. The molecule has 0 amide bonds. The number of ether oxygens (including phenoxy) is 2. The van der Waals surface area contributed by atoms with Crippen LogP contribution in [0.15, 0.2) is 24.3 Å². The van der Waals surface area contributed by atoms with Crippen LogP contribution in [0.2, 0.25) is 0 Å². The predicted molar refractivity (Wildman–Crippen MR) is 68.6 cm³/mol. The largest absolute Gasteiger partial charge is 0.490 e. The van der Waals surface area contributed by atoms with Crippen molar-refractivity contribution >= 4 is 0 Å². The summed E-state index contributed by atoms with van der Waals surface area (Å²) in [7, 11) is 0. The van der Waals surface area contributed by atoms with E-state index in [0.717, 1.165) is 12.2 Å². The summed E-state index contributed by atoms with van der Waals surface area (Å²) in [6.45, 7) is 6.53. The summed E-state index contributed by atoms with van der Waals surface area (Å²) in [5.41, 5.74) is 0. The Morgan fingerprint density at radius 2 is 1.82 bits per heavy atom. The molecular formula is C14H22O3. The van der Waals surface area contributed by atoms with Gasteiger partial charge >= 0.3 is 0 Å². The van der Waals surface area contributed by atoms with Crippen molar-refractivity contribution in [1.82, 2.24) is 0 Å². The fourth-order valence-electron chi connectivity index (χ4n) is 1.49. The first kappa shape index (κ1) is 13.8. The van der Waals surface area contributed by atoms with E-state index in [1.54, 1.807) is 0 Å². The van der Waals surface area contributed by atoms with Crippen LogP contribution in [-0.4, -0.2) is 23.9 Å². The van der Waals surface area contributed by atoms with Gasteiger partial charge in [0.25, 0.3) is 0 Å². The average molecular weight is 238 g/mol. The van der Waals surface area contributed by atoms with Crippen molar-refractivity contribution in [3.63, 3.8) is 0 Å². The maximum Gasteiger partial charge on any atom is 0.161 e. The highest BCUT2D eigenvalue weighted by Crippen LogP contribution is 2.28. The quantitative estimate of drug-likeness (QED) is 0.793. The highest BCUT2D eigenvalue weighted by molar-refractivity contribution is 5.39. The number of hydrogen-bond donors (Lipinski definition) is 1. The molecule has 2 unspecified atom stereocenters. The molecule has 0 fully saturated rings. The van der Waals surface area contributed by atoms with Gasteiger partial charge in [-0.15, -0.1) is 0 Å². The molecule has 1 aromatic carbocycles. The van der Waals surface area contributed by atoms with Crippen LogP contribution in [0.3, 0.4) is 0 Å². The van der Waals surface area contributed by atoms with Crippen molar-refractivity contribution in [3.8, 4) is 11.5 Å². The molecule has 0 bridgehead atoms. The molecule has 0 aliphatic rings. The fraction of sp³-hybridized carbons (Fsp3) is 0.571. The number of hydrogen-bond acceptors (Lipinski definition) is 3. The third-order valence-corrected chi connectivity index (χ3v) is 2.58. The zero-order valence-corrected chi connectivity index (χ0v) is 10.8. The van der Waals surface area contributed by atoms with E-state index in [9.17, 15) is 5.11 Å². The highest BCUT2D eigenvalue weighted by atomic mass is 16.5. The Labute approximate surface area is 103 Å². The van der Waals surface area contributed by atoms with Crippen LogP contribution in [0.5, 0.6) is 11.5 Å². The van der Waals surface area contributed by atoms with Gasteiger partial charge < -0.3 is 14.6 Å². The SMILES string of the molecule is CCCOc1ccccc1OC(C)C(O)CC. The molecule has 0 aliphatic heterocycles. The molecule has 17 heavy (non-hydrogen) atoms. The molecule has 0 spiro atoms. The highest BCUT2D eigenvalue weighted by Gasteiger charge is 2.15. The Hall–Kier alpha value is -1.22. The van der Waals surface area contributed by atoms with Crippen LogP contribution >= 0.6 is 0 Å². The molecule has 0 aliphatic carbocycles. The molecule has 0 radical (unpaired) electrons. The van der Waals surface area contributed by atoms with E-state index in [1.165, 1.54) is 0 Å². The van der Waals surface area contributed by atoms with Crippen LogP contribution in [0.4, 0.5) is 0 Å². The zero-order chi connectivity index (χ0) is 12.7. The Morgan fingerprint density at radius 1 is 1.18 bits per heavy atom. The fourth-order valence-corrected chi connectivity index (χ4v) is 1.49. The number of benzene rings is 1. The Bertz CT molecular complexity index is 325.